The zero-order valence-electron chi connectivity index (χ0n) is 13.7. The number of amides is 1. The maximum atomic E-state index is 13.4. The van der Waals surface area contributed by atoms with Gasteiger partial charge in [-0.2, -0.15) is 4.68 Å². The molecule has 2 aromatic carbocycles. The van der Waals surface area contributed by atoms with Crippen molar-refractivity contribution in [2.24, 2.45) is 0 Å². The third kappa shape index (κ3) is 4.03. The van der Waals surface area contributed by atoms with Crippen molar-refractivity contribution in [2.75, 3.05) is 11.1 Å². The number of anilines is 1. The number of benzene rings is 2. The average Bonchev–Trinajstić information content (AvgIpc) is 3.06. The zero-order valence-corrected chi connectivity index (χ0v) is 14.5. The molecule has 6 nitrogen and oxygen atoms in total. The van der Waals surface area contributed by atoms with Gasteiger partial charge in [0.15, 0.2) is 0 Å². The van der Waals surface area contributed by atoms with Gasteiger partial charge >= 0.3 is 0 Å². The Labute approximate surface area is 148 Å². The number of halogens is 1. The van der Waals surface area contributed by atoms with Crippen molar-refractivity contribution in [3.05, 3.63) is 59.4 Å². The number of nitrogens with one attached hydrogen (secondary N) is 1. The molecule has 0 atom stereocenters. The van der Waals surface area contributed by atoms with Crippen molar-refractivity contribution in [1.82, 2.24) is 20.2 Å². The number of tetrazole rings is 1. The smallest absolute Gasteiger partial charge is 0.234 e. The van der Waals surface area contributed by atoms with E-state index in [1.165, 1.54) is 28.6 Å². The molecule has 25 heavy (non-hydrogen) atoms. The minimum absolute atomic E-state index is 0.142. The van der Waals surface area contributed by atoms with Gasteiger partial charge in [0, 0.05) is 5.69 Å². The summed E-state index contributed by atoms with van der Waals surface area (Å²) in [4.78, 5) is 12.2. The summed E-state index contributed by atoms with van der Waals surface area (Å²) in [5, 5.41) is 14.7. The Morgan fingerprint density at radius 2 is 2.04 bits per heavy atom. The molecule has 0 aliphatic rings. The molecule has 0 unspecified atom stereocenters. The number of aromatic nitrogens is 4. The normalized spacial score (nSPS) is 10.7. The topological polar surface area (TPSA) is 72.7 Å². The lowest BCUT2D eigenvalue weighted by atomic mass is 10.1. The molecule has 1 amide bonds. The molecule has 1 N–H and O–H groups in total. The van der Waals surface area contributed by atoms with E-state index in [0.717, 1.165) is 16.8 Å². The summed E-state index contributed by atoms with van der Waals surface area (Å²) in [5.41, 5.74) is 3.43. The van der Waals surface area contributed by atoms with Crippen molar-refractivity contribution in [3.8, 4) is 5.69 Å². The SMILES string of the molecule is Cc1cccc(NC(=O)CSc2nnnn2-c2cccc(F)c2)c1C. The average molecular weight is 357 g/mol. The summed E-state index contributed by atoms with van der Waals surface area (Å²) in [5.74, 6) is -0.396. The highest BCUT2D eigenvalue weighted by atomic mass is 32.2. The Kier molecular flexibility index (Phi) is 5.08. The second-order valence-corrected chi connectivity index (χ2v) is 6.38. The molecule has 0 radical (unpaired) electrons. The molecule has 0 aliphatic heterocycles. The molecule has 0 saturated carbocycles. The minimum atomic E-state index is -0.378. The van der Waals surface area contributed by atoms with Crippen molar-refractivity contribution in [1.29, 1.82) is 0 Å². The van der Waals surface area contributed by atoms with Crippen molar-refractivity contribution < 1.29 is 9.18 Å². The number of rotatable bonds is 5. The number of carbonyl (C=O) groups is 1. The summed E-state index contributed by atoms with van der Waals surface area (Å²) < 4.78 is 14.8. The molecule has 8 heteroatoms. The standard InChI is InChI=1S/C17H16FN5OS/c1-11-5-3-8-15(12(11)2)19-16(24)10-25-17-20-21-22-23(17)14-7-4-6-13(18)9-14/h3-9H,10H2,1-2H3,(H,19,24). The second kappa shape index (κ2) is 7.43. The van der Waals surface area contributed by atoms with Gasteiger partial charge in [0.25, 0.3) is 0 Å². The predicted octanol–water partition coefficient (Wildman–Crippen LogP) is 3.15. The van der Waals surface area contributed by atoms with Crippen LogP contribution in [0.2, 0.25) is 0 Å². The van der Waals surface area contributed by atoms with Gasteiger partial charge in [-0.25, -0.2) is 4.39 Å². The fraction of sp³-hybridized carbons (Fsp3) is 0.176. The van der Waals surface area contributed by atoms with Crippen LogP contribution in [0.4, 0.5) is 10.1 Å². The summed E-state index contributed by atoms with van der Waals surface area (Å²) in [6.45, 7) is 3.95. The number of aryl methyl sites for hydroxylation is 1. The van der Waals surface area contributed by atoms with Crippen LogP contribution in [-0.2, 0) is 4.79 Å². The van der Waals surface area contributed by atoms with E-state index in [1.54, 1.807) is 12.1 Å². The molecule has 0 fully saturated rings. The first kappa shape index (κ1) is 17.1. The van der Waals surface area contributed by atoms with E-state index in [2.05, 4.69) is 20.8 Å². The Morgan fingerprint density at radius 3 is 2.84 bits per heavy atom. The third-order valence-electron chi connectivity index (χ3n) is 3.70. The summed E-state index contributed by atoms with van der Waals surface area (Å²) in [6, 6.07) is 11.7. The molecule has 3 rings (SSSR count). The van der Waals surface area contributed by atoms with Gasteiger partial charge in [-0.3, -0.25) is 4.79 Å². The quantitative estimate of drug-likeness (QED) is 0.710. The van der Waals surface area contributed by atoms with Gasteiger partial charge in [-0.05, 0) is 59.7 Å². The fourth-order valence-corrected chi connectivity index (χ4v) is 2.93. The lowest BCUT2D eigenvalue weighted by Crippen LogP contribution is -2.15. The maximum Gasteiger partial charge on any atom is 0.234 e. The maximum absolute atomic E-state index is 13.4. The molecular formula is C17H16FN5OS. The summed E-state index contributed by atoms with van der Waals surface area (Å²) in [7, 11) is 0. The highest BCUT2D eigenvalue weighted by Gasteiger charge is 2.13. The monoisotopic (exact) mass is 357 g/mol. The molecule has 0 aliphatic carbocycles. The van der Waals surface area contributed by atoms with E-state index in [1.807, 2.05) is 32.0 Å². The van der Waals surface area contributed by atoms with E-state index >= 15 is 0 Å². The molecule has 128 valence electrons. The lowest BCUT2D eigenvalue weighted by Gasteiger charge is -2.10. The number of thioether (sulfide) groups is 1. The van der Waals surface area contributed by atoms with E-state index in [9.17, 15) is 9.18 Å². The van der Waals surface area contributed by atoms with Crippen LogP contribution in [-0.4, -0.2) is 31.9 Å². The first-order chi connectivity index (χ1) is 12.0. The van der Waals surface area contributed by atoms with E-state index in [0.29, 0.717) is 10.8 Å². The highest BCUT2D eigenvalue weighted by Crippen LogP contribution is 2.21. The van der Waals surface area contributed by atoms with Gasteiger partial charge in [-0.15, -0.1) is 5.10 Å². The van der Waals surface area contributed by atoms with Gasteiger partial charge in [0.2, 0.25) is 11.1 Å². The number of hydrogen-bond donors (Lipinski definition) is 1. The van der Waals surface area contributed by atoms with Gasteiger partial charge < -0.3 is 5.32 Å². The van der Waals surface area contributed by atoms with Gasteiger partial charge in [-0.1, -0.05) is 30.0 Å². The summed E-state index contributed by atoms with van der Waals surface area (Å²) in [6.07, 6.45) is 0. The molecule has 0 saturated heterocycles. The number of nitrogens with zero attached hydrogens (tertiary/aromatic N) is 4. The summed E-state index contributed by atoms with van der Waals surface area (Å²) >= 11 is 1.18. The van der Waals surface area contributed by atoms with Gasteiger partial charge in [0.05, 0.1) is 11.4 Å². The largest absolute Gasteiger partial charge is 0.325 e. The van der Waals surface area contributed by atoms with Crippen molar-refractivity contribution in [3.63, 3.8) is 0 Å². The van der Waals surface area contributed by atoms with Crippen LogP contribution in [0.5, 0.6) is 0 Å². The Morgan fingerprint density at radius 1 is 1.24 bits per heavy atom. The van der Waals surface area contributed by atoms with Crippen LogP contribution in [0.15, 0.2) is 47.6 Å². The molecule has 3 aromatic rings. The Bertz CT molecular complexity index is 912. The lowest BCUT2D eigenvalue weighted by molar-refractivity contribution is -0.113. The first-order valence-corrected chi connectivity index (χ1v) is 8.56. The third-order valence-corrected chi connectivity index (χ3v) is 4.62. The van der Waals surface area contributed by atoms with Crippen LogP contribution < -0.4 is 5.32 Å². The van der Waals surface area contributed by atoms with E-state index in [4.69, 9.17) is 0 Å². The van der Waals surface area contributed by atoms with E-state index < -0.39 is 0 Å². The number of carbonyl (C=O) groups excluding carboxylic acids is 1. The zero-order chi connectivity index (χ0) is 17.8. The molecule has 1 aromatic heterocycles. The fourth-order valence-electron chi connectivity index (χ4n) is 2.24. The Balaban J connectivity index is 1.67. The predicted molar refractivity (Wildman–Crippen MR) is 94.4 cm³/mol. The molecular weight excluding hydrogens is 341 g/mol. The van der Waals surface area contributed by atoms with Gasteiger partial charge in [0.1, 0.15) is 5.82 Å². The molecule has 0 spiro atoms. The minimum Gasteiger partial charge on any atom is -0.325 e. The molecule has 1 heterocycles. The molecule has 0 bridgehead atoms. The van der Waals surface area contributed by atoms with Crippen molar-refractivity contribution in [2.45, 2.75) is 19.0 Å². The van der Waals surface area contributed by atoms with Crippen LogP contribution in [0.1, 0.15) is 11.1 Å². The van der Waals surface area contributed by atoms with Crippen LogP contribution in [0.3, 0.4) is 0 Å². The number of hydrogen-bond acceptors (Lipinski definition) is 5. The van der Waals surface area contributed by atoms with Crippen molar-refractivity contribution >= 4 is 23.4 Å². The van der Waals surface area contributed by atoms with Crippen LogP contribution >= 0.6 is 11.8 Å². The second-order valence-electron chi connectivity index (χ2n) is 5.44. The Hall–Kier alpha value is -2.74. The van der Waals surface area contributed by atoms with Crippen LogP contribution in [0, 0.1) is 19.7 Å². The van der Waals surface area contributed by atoms with E-state index in [-0.39, 0.29) is 17.5 Å². The highest BCUT2D eigenvalue weighted by molar-refractivity contribution is 7.99. The first-order valence-electron chi connectivity index (χ1n) is 7.58. The van der Waals surface area contributed by atoms with Crippen LogP contribution in [0.25, 0.3) is 5.69 Å².